The van der Waals surface area contributed by atoms with Crippen LogP contribution in [0.1, 0.15) is 11.3 Å². The monoisotopic (exact) mass is 266 g/mol. The van der Waals surface area contributed by atoms with Crippen LogP contribution >= 0.6 is 23.2 Å². The molecule has 0 aliphatic heterocycles. The van der Waals surface area contributed by atoms with Gasteiger partial charge >= 0.3 is 0 Å². The molecule has 2 aromatic rings. The van der Waals surface area contributed by atoms with Crippen molar-refractivity contribution in [3.63, 3.8) is 0 Å². The predicted octanol–water partition coefficient (Wildman–Crippen LogP) is 4.04. The molecule has 0 fully saturated rings. The molecule has 0 saturated heterocycles. The van der Waals surface area contributed by atoms with E-state index in [-0.39, 0.29) is 0 Å². The topological polar surface area (TPSA) is 37.9 Å². The first-order valence-electron chi connectivity index (χ1n) is 4.80. The van der Waals surface area contributed by atoms with E-state index in [9.17, 15) is 0 Å². The first-order valence-corrected chi connectivity index (χ1v) is 5.56. The molecule has 2 rings (SSSR count). The normalized spacial score (nSPS) is 11.6. The third kappa shape index (κ3) is 3.44. The molecule has 1 heterocycles. The van der Waals surface area contributed by atoms with Crippen LogP contribution in [-0.4, -0.2) is 12.4 Å². The summed E-state index contributed by atoms with van der Waals surface area (Å²) in [5, 5.41) is 8.71. The Balaban J connectivity index is 2.03. The summed E-state index contributed by atoms with van der Waals surface area (Å²) >= 11 is 11.7. The molecule has 0 N–H and O–H groups in total. The van der Waals surface area contributed by atoms with E-state index in [1.54, 1.807) is 42.8 Å². The summed E-state index contributed by atoms with van der Waals surface area (Å²) in [6, 6.07) is 8.81. The van der Waals surface area contributed by atoms with Gasteiger partial charge in [0, 0.05) is 0 Å². The lowest BCUT2D eigenvalue weighted by Crippen LogP contribution is -1.80. The van der Waals surface area contributed by atoms with Crippen molar-refractivity contribution < 1.29 is 4.42 Å². The molecule has 86 valence electrons. The molecule has 0 unspecified atom stereocenters. The van der Waals surface area contributed by atoms with Crippen molar-refractivity contribution in [2.24, 2.45) is 10.2 Å². The van der Waals surface area contributed by atoms with Crippen molar-refractivity contribution in [3.8, 4) is 0 Å². The highest BCUT2D eigenvalue weighted by Gasteiger charge is 1.96. The lowest BCUT2D eigenvalue weighted by atomic mass is 10.2. The van der Waals surface area contributed by atoms with Gasteiger partial charge in [-0.05, 0) is 29.8 Å². The van der Waals surface area contributed by atoms with Crippen molar-refractivity contribution >= 4 is 35.6 Å². The van der Waals surface area contributed by atoms with Gasteiger partial charge in [-0.2, -0.15) is 10.2 Å². The van der Waals surface area contributed by atoms with E-state index in [0.29, 0.717) is 15.8 Å². The van der Waals surface area contributed by atoms with Gasteiger partial charge in [-0.15, -0.1) is 0 Å². The van der Waals surface area contributed by atoms with Gasteiger partial charge in [0.2, 0.25) is 0 Å². The van der Waals surface area contributed by atoms with Gasteiger partial charge in [0.25, 0.3) is 0 Å². The third-order valence-electron chi connectivity index (χ3n) is 1.95. The highest BCUT2D eigenvalue weighted by molar-refractivity contribution is 6.42. The Kier molecular flexibility index (Phi) is 3.96. The summed E-state index contributed by atoms with van der Waals surface area (Å²) in [4.78, 5) is 0. The van der Waals surface area contributed by atoms with Crippen LogP contribution in [0.5, 0.6) is 0 Å². The number of rotatable bonds is 3. The molecule has 5 heteroatoms. The fourth-order valence-electron chi connectivity index (χ4n) is 1.15. The number of furan rings is 1. The van der Waals surface area contributed by atoms with Gasteiger partial charge in [0.15, 0.2) is 0 Å². The minimum Gasteiger partial charge on any atom is -0.463 e. The highest BCUT2D eigenvalue weighted by Crippen LogP contribution is 2.21. The number of benzene rings is 1. The fraction of sp³-hybridized carbons (Fsp3) is 0. The summed E-state index contributed by atoms with van der Waals surface area (Å²) in [6.45, 7) is 0. The van der Waals surface area contributed by atoms with Crippen LogP contribution in [0.25, 0.3) is 0 Å². The Morgan fingerprint density at radius 3 is 2.53 bits per heavy atom. The minimum atomic E-state index is 0.491. The van der Waals surface area contributed by atoms with Crippen LogP contribution in [0.4, 0.5) is 0 Å². The summed E-state index contributed by atoms with van der Waals surface area (Å²) in [7, 11) is 0. The molecule has 0 saturated carbocycles. The van der Waals surface area contributed by atoms with Gasteiger partial charge in [0.1, 0.15) is 5.76 Å². The van der Waals surface area contributed by atoms with Crippen LogP contribution < -0.4 is 0 Å². The third-order valence-corrected chi connectivity index (χ3v) is 2.68. The second-order valence-electron chi connectivity index (χ2n) is 3.18. The van der Waals surface area contributed by atoms with Gasteiger partial charge in [-0.1, -0.05) is 29.3 Å². The molecule has 0 aliphatic carbocycles. The lowest BCUT2D eigenvalue weighted by Gasteiger charge is -1.95. The number of nitrogens with zero attached hydrogens (tertiary/aromatic N) is 2. The van der Waals surface area contributed by atoms with Crippen LogP contribution in [0, 0.1) is 0 Å². The average Bonchev–Trinajstić information content (AvgIpc) is 2.82. The maximum atomic E-state index is 5.86. The molecule has 0 amide bonds. The molecule has 3 nitrogen and oxygen atoms in total. The Bertz CT molecular complexity index is 548. The maximum Gasteiger partial charge on any atom is 0.146 e. The second-order valence-corrected chi connectivity index (χ2v) is 3.99. The van der Waals surface area contributed by atoms with Gasteiger partial charge in [0.05, 0.1) is 28.7 Å². The van der Waals surface area contributed by atoms with Crippen molar-refractivity contribution in [2.45, 2.75) is 0 Å². The molecule has 1 aromatic heterocycles. The Labute approximate surface area is 108 Å². The number of hydrogen-bond acceptors (Lipinski definition) is 3. The molecule has 0 spiro atoms. The van der Waals surface area contributed by atoms with Crippen LogP contribution in [0.15, 0.2) is 51.2 Å². The SMILES string of the molecule is Clc1ccc(C=N/N=C/c2ccco2)cc1Cl. The summed E-state index contributed by atoms with van der Waals surface area (Å²) in [6.07, 6.45) is 4.68. The molecule has 0 atom stereocenters. The summed E-state index contributed by atoms with van der Waals surface area (Å²) in [5.74, 6) is 0.649. The van der Waals surface area contributed by atoms with E-state index in [1.807, 2.05) is 0 Å². The Hall–Kier alpha value is -1.58. The lowest BCUT2D eigenvalue weighted by molar-refractivity contribution is 0.560. The van der Waals surface area contributed by atoms with Crippen LogP contribution in [0.2, 0.25) is 10.0 Å². The largest absolute Gasteiger partial charge is 0.463 e. The smallest absolute Gasteiger partial charge is 0.146 e. The van der Waals surface area contributed by atoms with Crippen LogP contribution in [-0.2, 0) is 0 Å². The maximum absolute atomic E-state index is 5.86. The van der Waals surface area contributed by atoms with Crippen molar-refractivity contribution in [1.82, 2.24) is 0 Å². The first-order chi connectivity index (χ1) is 8.25. The zero-order valence-corrected chi connectivity index (χ0v) is 10.2. The fourth-order valence-corrected chi connectivity index (χ4v) is 1.45. The number of hydrogen-bond donors (Lipinski definition) is 0. The molecule has 17 heavy (non-hydrogen) atoms. The van der Waals surface area contributed by atoms with Gasteiger partial charge in [-0.25, -0.2) is 0 Å². The van der Waals surface area contributed by atoms with E-state index in [0.717, 1.165) is 5.56 Å². The first kappa shape index (κ1) is 11.9. The van der Waals surface area contributed by atoms with E-state index in [2.05, 4.69) is 10.2 Å². The zero-order chi connectivity index (χ0) is 12.1. The molecule has 0 aliphatic rings. The van der Waals surface area contributed by atoms with Crippen molar-refractivity contribution in [3.05, 3.63) is 58.0 Å². The van der Waals surface area contributed by atoms with Crippen LogP contribution in [0.3, 0.4) is 0 Å². The average molecular weight is 267 g/mol. The molecule has 1 aromatic carbocycles. The Morgan fingerprint density at radius 1 is 1.00 bits per heavy atom. The minimum absolute atomic E-state index is 0.491. The quantitative estimate of drug-likeness (QED) is 0.610. The standard InChI is InChI=1S/C12H8Cl2N2O/c13-11-4-3-9(6-12(11)14)7-15-16-8-10-2-1-5-17-10/h1-8H/b15-7?,16-8+. The highest BCUT2D eigenvalue weighted by atomic mass is 35.5. The molecule has 0 bridgehead atoms. The van der Waals surface area contributed by atoms with Gasteiger partial charge in [-0.3, -0.25) is 0 Å². The van der Waals surface area contributed by atoms with Crippen molar-refractivity contribution in [2.75, 3.05) is 0 Å². The second kappa shape index (κ2) is 5.66. The van der Waals surface area contributed by atoms with E-state index >= 15 is 0 Å². The zero-order valence-electron chi connectivity index (χ0n) is 8.68. The molecule has 0 radical (unpaired) electrons. The van der Waals surface area contributed by atoms with Gasteiger partial charge < -0.3 is 4.42 Å². The molecular weight excluding hydrogens is 259 g/mol. The number of halogens is 2. The summed E-state index contributed by atoms with van der Waals surface area (Å²) in [5.41, 5.74) is 0.830. The van der Waals surface area contributed by atoms with E-state index in [1.165, 1.54) is 6.21 Å². The predicted molar refractivity (Wildman–Crippen MR) is 70.4 cm³/mol. The van der Waals surface area contributed by atoms with E-state index in [4.69, 9.17) is 27.6 Å². The Morgan fingerprint density at radius 2 is 1.82 bits per heavy atom. The molecular formula is C12H8Cl2N2O. The summed E-state index contributed by atoms with van der Waals surface area (Å²) < 4.78 is 5.06. The van der Waals surface area contributed by atoms with E-state index < -0.39 is 0 Å². The van der Waals surface area contributed by atoms with Crippen molar-refractivity contribution in [1.29, 1.82) is 0 Å².